The number of benzene rings is 3. The van der Waals surface area contributed by atoms with E-state index in [1.54, 1.807) is 22.8 Å². The third-order valence-electron chi connectivity index (χ3n) is 4.55. The van der Waals surface area contributed by atoms with Gasteiger partial charge in [-0.1, -0.05) is 65.8 Å². The molecule has 0 saturated heterocycles. The molecule has 0 aliphatic carbocycles. The zero-order chi connectivity index (χ0) is 22.5. The van der Waals surface area contributed by atoms with Crippen LogP contribution < -0.4 is 5.32 Å². The van der Waals surface area contributed by atoms with Gasteiger partial charge in [-0.25, -0.2) is 8.78 Å². The summed E-state index contributed by atoms with van der Waals surface area (Å²) in [6.07, 6.45) is 0. The standard InChI is InChI=1S/C23H17ClF2N4OS/c24-18-12-16(25)10-11-20(18)27-21(31)14-32-23-29-28-22(17-8-4-5-9-19(17)26)30(23)13-15-6-2-1-3-7-15/h1-12H,13-14H2,(H,27,31). The summed E-state index contributed by atoms with van der Waals surface area (Å²) in [6, 6.07) is 19.7. The molecule has 0 radical (unpaired) electrons. The zero-order valence-corrected chi connectivity index (χ0v) is 18.2. The summed E-state index contributed by atoms with van der Waals surface area (Å²) in [6.45, 7) is 0.408. The van der Waals surface area contributed by atoms with Gasteiger partial charge in [0.15, 0.2) is 11.0 Å². The van der Waals surface area contributed by atoms with E-state index in [0.29, 0.717) is 28.8 Å². The SMILES string of the molecule is O=C(CSc1nnc(-c2ccccc2F)n1Cc1ccccc1)Nc1ccc(F)cc1Cl. The van der Waals surface area contributed by atoms with Crippen LogP contribution in [0.4, 0.5) is 14.5 Å². The fourth-order valence-electron chi connectivity index (χ4n) is 3.05. The maximum Gasteiger partial charge on any atom is 0.234 e. The molecular formula is C23H17ClF2N4OS. The van der Waals surface area contributed by atoms with Crippen LogP contribution in [0.2, 0.25) is 5.02 Å². The van der Waals surface area contributed by atoms with E-state index in [-0.39, 0.29) is 16.7 Å². The number of carbonyl (C=O) groups excluding carboxylic acids is 1. The number of hydrogen-bond acceptors (Lipinski definition) is 4. The molecule has 1 aromatic heterocycles. The normalized spacial score (nSPS) is 10.8. The summed E-state index contributed by atoms with van der Waals surface area (Å²) >= 11 is 7.13. The van der Waals surface area contributed by atoms with Gasteiger partial charge in [0.1, 0.15) is 11.6 Å². The van der Waals surface area contributed by atoms with Crippen molar-refractivity contribution in [3.63, 3.8) is 0 Å². The molecule has 0 atom stereocenters. The van der Waals surface area contributed by atoms with Crippen LogP contribution in [-0.2, 0) is 11.3 Å². The highest BCUT2D eigenvalue weighted by Crippen LogP contribution is 2.28. The van der Waals surface area contributed by atoms with E-state index in [4.69, 9.17) is 11.6 Å². The van der Waals surface area contributed by atoms with E-state index in [0.717, 1.165) is 23.4 Å². The van der Waals surface area contributed by atoms with Crippen molar-refractivity contribution in [2.24, 2.45) is 0 Å². The molecule has 4 rings (SSSR count). The van der Waals surface area contributed by atoms with E-state index in [1.165, 1.54) is 18.2 Å². The van der Waals surface area contributed by atoms with Crippen molar-refractivity contribution >= 4 is 35.0 Å². The summed E-state index contributed by atoms with van der Waals surface area (Å²) in [4.78, 5) is 12.4. The fraction of sp³-hybridized carbons (Fsp3) is 0.0870. The van der Waals surface area contributed by atoms with Gasteiger partial charge in [0.25, 0.3) is 0 Å². The number of rotatable bonds is 7. The first-order valence-corrected chi connectivity index (χ1v) is 11.0. The van der Waals surface area contributed by atoms with Crippen molar-refractivity contribution in [2.45, 2.75) is 11.7 Å². The molecule has 0 aliphatic heterocycles. The molecule has 0 fully saturated rings. The van der Waals surface area contributed by atoms with Gasteiger partial charge in [0.05, 0.1) is 28.6 Å². The topological polar surface area (TPSA) is 59.8 Å². The van der Waals surface area contributed by atoms with E-state index in [9.17, 15) is 13.6 Å². The number of anilines is 1. The summed E-state index contributed by atoms with van der Waals surface area (Å²) in [5, 5.41) is 11.6. The van der Waals surface area contributed by atoms with Crippen LogP contribution in [0.5, 0.6) is 0 Å². The number of hydrogen-bond donors (Lipinski definition) is 1. The van der Waals surface area contributed by atoms with E-state index in [2.05, 4.69) is 15.5 Å². The highest BCUT2D eigenvalue weighted by Gasteiger charge is 2.18. The summed E-state index contributed by atoms with van der Waals surface area (Å²) < 4.78 is 29.4. The molecular weight excluding hydrogens is 454 g/mol. The van der Waals surface area contributed by atoms with Crippen molar-refractivity contribution in [1.82, 2.24) is 14.8 Å². The van der Waals surface area contributed by atoms with Crippen LogP contribution >= 0.6 is 23.4 Å². The third kappa shape index (κ3) is 5.15. The molecule has 162 valence electrons. The quantitative estimate of drug-likeness (QED) is 0.354. The Balaban J connectivity index is 1.56. The van der Waals surface area contributed by atoms with Gasteiger partial charge in [-0.05, 0) is 35.9 Å². The monoisotopic (exact) mass is 470 g/mol. The second-order valence-electron chi connectivity index (χ2n) is 6.82. The van der Waals surface area contributed by atoms with Gasteiger partial charge in [-0.2, -0.15) is 0 Å². The Morgan fingerprint density at radius 3 is 2.50 bits per heavy atom. The molecule has 0 spiro atoms. The molecule has 32 heavy (non-hydrogen) atoms. The number of nitrogens with zero attached hydrogens (tertiary/aromatic N) is 3. The van der Waals surface area contributed by atoms with E-state index < -0.39 is 11.6 Å². The maximum atomic E-state index is 14.4. The smallest absolute Gasteiger partial charge is 0.234 e. The predicted octanol–water partition coefficient (Wildman–Crippen LogP) is 5.66. The Hall–Kier alpha value is -3.23. The lowest BCUT2D eigenvalue weighted by molar-refractivity contribution is -0.113. The Morgan fingerprint density at radius 1 is 1.00 bits per heavy atom. The van der Waals surface area contributed by atoms with Gasteiger partial charge < -0.3 is 5.32 Å². The number of nitrogens with one attached hydrogen (secondary N) is 1. The zero-order valence-electron chi connectivity index (χ0n) is 16.6. The predicted molar refractivity (Wildman–Crippen MR) is 122 cm³/mol. The molecule has 9 heteroatoms. The largest absolute Gasteiger partial charge is 0.324 e. The highest BCUT2D eigenvalue weighted by molar-refractivity contribution is 7.99. The highest BCUT2D eigenvalue weighted by atomic mass is 35.5. The Labute approximate surface area is 192 Å². The van der Waals surface area contributed by atoms with Crippen molar-refractivity contribution in [3.8, 4) is 11.4 Å². The van der Waals surface area contributed by atoms with Crippen molar-refractivity contribution in [3.05, 3.63) is 95.0 Å². The molecule has 4 aromatic rings. The van der Waals surface area contributed by atoms with Crippen LogP contribution in [0, 0.1) is 11.6 Å². The molecule has 1 amide bonds. The van der Waals surface area contributed by atoms with Gasteiger partial charge in [0.2, 0.25) is 5.91 Å². The Morgan fingerprint density at radius 2 is 1.75 bits per heavy atom. The number of carbonyl (C=O) groups is 1. The number of amides is 1. The van der Waals surface area contributed by atoms with Crippen molar-refractivity contribution < 1.29 is 13.6 Å². The molecule has 1 heterocycles. The molecule has 5 nitrogen and oxygen atoms in total. The fourth-order valence-corrected chi connectivity index (χ4v) is 4.01. The summed E-state index contributed by atoms with van der Waals surface area (Å²) in [5.41, 5.74) is 1.62. The minimum absolute atomic E-state index is 0.0118. The Kier molecular flexibility index (Phi) is 6.82. The van der Waals surface area contributed by atoms with Crippen LogP contribution in [0.25, 0.3) is 11.4 Å². The number of thioether (sulfide) groups is 1. The molecule has 0 unspecified atom stereocenters. The van der Waals surface area contributed by atoms with Gasteiger partial charge >= 0.3 is 0 Å². The average molecular weight is 471 g/mol. The van der Waals surface area contributed by atoms with Crippen LogP contribution in [-0.4, -0.2) is 26.4 Å². The molecule has 0 bridgehead atoms. The summed E-state index contributed by atoms with van der Waals surface area (Å²) in [5.74, 6) is -0.856. The second kappa shape index (κ2) is 9.93. The lowest BCUT2D eigenvalue weighted by atomic mass is 10.2. The Bertz CT molecular complexity index is 1250. The van der Waals surface area contributed by atoms with Crippen molar-refractivity contribution in [2.75, 3.05) is 11.1 Å². The van der Waals surface area contributed by atoms with Crippen molar-refractivity contribution in [1.29, 1.82) is 0 Å². The molecule has 0 aliphatic rings. The van der Waals surface area contributed by atoms with E-state index in [1.807, 2.05) is 30.3 Å². The van der Waals surface area contributed by atoms with Crippen LogP contribution in [0.15, 0.2) is 78.0 Å². The van der Waals surface area contributed by atoms with Gasteiger partial charge in [0, 0.05) is 0 Å². The third-order valence-corrected chi connectivity index (χ3v) is 5.83. The summed E-state index contributed by atoms with van der Waals surface area (Å²) in [7, 11) is 0. The first kappa shape index (κ1) is 22.0. The van der Waals surface area contributed by atoms with Gasteiger partial charge in [-0.15, -0.1) is 10.2 Å². The van der Waals surface area contributed by atoms with Crippen LogP contribution in [0.1, 0.15) is 5.56 Å². The minimum atomic E-state index is -0.489. The number of halogens is 3. The van der Waals surface area contributed by atoms with E-state index >= 15 is 0 Å². The number of aromatic nitrogens is 3. The second-order valence-corrected chi connectivity index (χ2v) is 8.17. The maximum absolute atomic E-state index is 14.4. The molecule has 0 saturated carbocycles. The van der Waals surface area contributed by atoms with Crippen LogP contribution in [0.3, 0.4) is 0 Å². The van der Waals surface area contributed by atoms with Gasteiger partial charge in [-0.3, -0.25) is 9.36 Å². The molecule has 1 N–H and O–H groups in total. The lowest BCUT2D eigenvalue weighted by Crippen LogP contribution is -2.15. The first-order chi connectivity index (χ1) is 15.5. The average Bonchev–Trinajstić information content (AvgIpc) is 3.17. The first-order valence-electron chi connectivity index (χ1n) is 9.61. The molecule has 3 aromatic carbocycles. The lowest BCUT2D eigenvalue weighted by Gasteiger charge is -2.11. The minimum Gasteiger partial charge on any atom is -0.324 e.